The fourth-order valence-corrected chi connectivity index (χ4v) is 4.86. The Labute approximate surface area is 277 Å². The smallest absolute Gasteiger partial charge is 0.338 e. The summed E-state index contributed by atoms with van der Waals surface area (Å²) in [6.07, 6.45) is 3.68. The summed E-state index contributed by atoms with van der Waals surface area (Å²) >= 11 is 0. The van der Waals surface area contributed by atoms with Crippen molar-refractivity contribution < 1.29 is 38.7 Å². The molecule has 8 heteroatoms. The van der Waals surface area contributed by atoms with Crippen molar-refractivity contribution in [3.8, 4) is 11.5 Å². The minimum atomic E-state index is -0.492. The Morgan fingerprint density at radius 3 is 1.17 bits per heavy atom. The first-order valence-electron chi connectivity index (χ1n) is 16.5. The average Bonchev–Trinajstić information content (AvgIpc) is 3.04. The molecule has 0 fully saturated rings. The normalized spacial score (nSPS) is 11.8. The molecule has 46 heavy (non-hydrogen) atoms. The number of aliphatic hydroxyl groups excluding tert-OH is 2. The Hall–Kier alpha value is -3.10. The van der Waals surface area contributed by atoms with Gasteiger partial charge in [-0.15, -0.1) is 0 Å². The van der Waals surface area contributed by atoms with E-state index in [4.69, 9.17) is 18.9 Å². The van der Waals surface area contributed by atoms with Gasteiger partial charge in [0.1, 0.15) is 24.7 Å². The second-order valence-corrected chi connectivity index (χ2v) is 13.8. The van der Waals surface area contributed by atoms with Crippen molar-refractivity contribution in [1.82, 2.24) is 0 Å². The van der Waals surface area contributed by atoms with Gasteiger partial charge in [0.15, 0.2) is 0 Å². The number of rotatable bonds is 18. The van der Waals surface area contributed by atoms with Crippen LogP contribution in [0.5, 0.6) is 11.5 Å². The SMILES string of the molecule is CC(C)CCC(CO)(CO)C(C)C.COc1ccc(C(=O)OCC(CCC(C)C)(COC(=O)c2ccc(OC)cc2)C(C)C)cc1. The van der Waals surface area contributed by atoms with E-state index in [1.807, 2.05) is 0 Å². The summed E-state index contributed by atoms with van der Waals surface area (Å²) in [5.74, 6) is 2.09. The third kappa shape index (κ3) is 13.0. The molecule has 0 amide bonds. The van der Waals surface area contributed by atoms with Crippen LogP contribution in [0.15, 0.2) is 48.5 Å². The molecule has 0 aliphatic heterocycles. The maximum absolute atomic E-state index is 12.7. The van der Waals surface area contributed by atoms with Crippen molar-refractivity contribution in [3.63, 3.8) is 0 Å². The Bertz CT molecular complexity index is 1070. The van der Waals surface area contributed by atoms with Crippen LogP contribution in [0, 0.1) is 34.5 Å². The van der Waals surface area contributed by atoms with Crippen LogP contribution in [0.3, 0.4) is 0 Å². The van der Waals surface area contributed by atoms with Gasteiger partial charge in [-0.1, -0.05) is 68.2 Å². The van der Waals surface area contributed by atoms with Crippen molar-refractivity contribution in [1.29, 1.82) is 0 Å². The molecule has 8 nitrogen and oxygen atoms in total. The van der Waals surface area contributed by atoms with Crippen LogP contribution in [0.4, 0.5) is 0 Å². The van der Waals surface area contributed by atoms with Gasteiger partial charge in [-0.2, -0.15) is 0 Å². The molecule has 2 N–H and O–H groups in total. The van der Waals surface area contributed by atoms with E-state index in [-0.39, 0.29) is 37.8 Å². The van der Waals surface area contributed by atoms with E-state index in [1.54, 1.807) is 62.8 Å². The number of aliphatic hydroxyl groups is 2. The lowest BCUT2D eigenvalue weighted by atomic mass is 9.73. The quantitative estimate of drug-likeness (QED) is 0.158. The van der Waals surface area contributed by atoms with Gasteiger partial charge in [0.2, 0.25) is 0 Å². The van der Waals surface area contributed by atoms with E-state index in [2.05, 4.69) is 55.4 Å². The first-order chi connectivity index (χ1) is 21.7. The van der Waals surface area contributed by atoms with Crippen LogP contribution in [-0.4, -0.2) is 62.8 Å². The average molecular weight is 645 g/mol. The zero-order valence-corrected chi connectivity index (χ0v) is 29.9. The number of ether oxygens (including phenoxy) is 4. The second-order valence-electron chi connectivity index (χ2n) is 13.8. The van der Waals surface area contributed by atoms with Gasteiger partial charge in [0.05, 0.1) is 38.6 Å². The first kappa shape index (κ1) is 40.9. The summed E-state index contributed by atoms with van der Waals surface area (Å²) in [4.78, 5) is 25.4. The lowest BCUT2D eigenvalue weighted by Gasteiger charge is -2.37. The van der Waals surface area contributed by atoms with Crippen molar-refractivity contribution >= 4 is 11.9 Å². The fraction of sp³-hybridized carbons (Fsp3) is 0.632. The first-order valence-corrected chi connectivity index (χ1v) is 16.5. The second kappa shape index (κ2) is 20.2. The molecule has 0 aliphatic rings. The molecule has 0 bridgehead atoms. The molecule has 260 valence electrons. The zero-order valence-electron chi connectivity index (χ0n) is 29.9. The molecule has 0 heterocycles. The van der Waals surface area contributed by atoms with Gasteiger partial charge in [-0.05, 0) is 85.0 Å². The molecule has 0 atom stereocenters. The van der Waals surface area contributed by atoms with Crippen molar-refractivity contribution in [2.24, 2.45) is 34.5 Å². The Kier molecular flexibility index (Phi) is 18.0. The summed E-state index contributed by atoms with van der Waals surface area (Å²) in [7, 11) is 3.15. The summed E-state index contributed by atoms with van der Waals surface area (Å²) < 4.78 is 21.8. The van der Waals surface area contributed by atoms with Crippen molar-refractivity contribution in [2.45, 2.75) is 81.1 Å². The molecule has 0 saturated carbocycles. The third-order valence-electron chi connectivity index (χ3n) is 9.15. The number of carbonyl (C=O) groups is 2. The zero-order chi connectivity index (χ0) is 34.9. The molecule has 2 aromatic carbocycles. The number of hydrogen-bond acceptors (Lipinski definition) is 8. The molecule has 2 aromatic rings. The highest BCUT2D eigenvalue weighted by Gasteiger charge is 2.37. The van der Waals surface area contributed by atoms with Crippen molar-refractivity contribution in [2.75, 3.05) is 40.6 Å². The van der Waals surface area contributed by atoms with Crippen LogP contribution in [0.1, 0.15) is 102 Å². The van der Waals surface area contributed by atoms with Crippen LogP contribution in [0.25, 0.3) is 0 Å². The van der Waals surface area contributed by atoms with Gasteiger partial charge < -0.3 is 29.2 Å². The van der Waals surface area contributed by atoms with E-state index < -0.39 is 17.4 Å². The number of methoxy groups -OCH3 is 2. The summed E-state index contributed by atoms with van der Waals surface area (Å²) in [6.45, 7) is 17.4. The number of esters is 2. The van der Waals surface area contributed by atoms with Gasteiger partial charge in [-0.3, -0.25) is 0 Å². The lowest BCUT2D eigenvalue weighted by Crippen LogP contribution is -2.39. The number of carbonyl (C=O) groups excluding carboxylic acids is 2. The monoisotopic (exact) mass is 644 g/mol. The largest absolute Gasteiger partial charge is 0.497 e. The van der Waals surface area contributed by atoms with Crippen LogP contribution in [-0.2, 0) is 9.47 Å². The highest BCUT2D eigenvalue weighted by atomic mass is 16.5. The fourth-order valence-electron chi connectivity index (χ4n) is 4.86. The molecule has 0 radical (unpaired) electrons. The summed E-state index contributed by atoms with van der Waals surface area (Å²) in [6, 6.07) is 13.6. The Morgan fingerprint density at radius 2 is 0.913 bits per heavy atom. The maximum Gasteiger partial charge on any atom is 0.338 e. The van der Waals surface area contributed by atoms with Gasteiger partial charge in [0, 0.05) is 10.8 Å². The van der Waals surface area contributed by atoms with E-state index in [0.717, 1.165) is 25.7 Å². The van der Waals surface area contributed by atoms with Gasteiger partial charge in [-0.25, -0.2) is 9.59 Å². The van der Waals surface area contributed by atoms with E-state index in [0.29, 0.717) is 40.4 Å². The third-order valence-corrected chi connectivity index (χ3v) is 9.15. The molecule has 2 rings (SSSR count). The van der Waals surface area contributed by atoms with E-state index >= 15 is 0 Å². The lowest BCUT2D eigenvalue weighted by molar-refractivity contribution is -0.0304. The van der Waals surface area contributed by atoms with Gasteiger partial charge in [0.25, 0.3) is 0 Å². The highest BCUT2D eigenvalue weighted by molar-refractivity contribution is 5.90. The Morgan fingerprint density at radius 1 is 0.587 bits per heavy atom. The topological polar surface area (TPSA) is 112 Å². The van der Waals surface area contributed by atoms with Crippen LogP contribution < -0.4 is 9.47 Å². The molecular formula is C38H60O8. The maximum atomic E-state index is 12.7. The molecular weight excluding hydrogens is 584 g/mol. The highest BCUT2D eigenvalue weighted by Crippen LogP contribution is 2.36. The number of benzene rings is 2. The molecule has 0 saturated heterocycles. The predicted molar refractivity (Wildman–Crippen MR) is 183 cm³/mol. The van der Waals surface area contributed by atoms with Crippen LogP contribution in [0.2, 0.25) is 0 Å². The minimum absolute atomic E-state index is 0.0912. The van der Waals surface area contributed by atoms with E-state index in [1.165, 1.54) is 0 Å². The Balaban J connectivity index is 0.000000685. The van der Waals surface area contributed by atoms with Crippen molar-refractivity contribution in [3.05, 3.63) is 59.7 Å². The summed E-state index contributed by atoms with van der Waals surface area (Å²) in [5.41, 5.74) is 0.138. The molecule has 0 spiro atoms. The van der Waals surface area contributed by atoms with Crippen LogP contribution >= 0.6 is 0 Å². The minimum Gasteiger partial charge on any atom is -0.497 e. The number of hydrogen-bond donors (Lipinski definition) is 2. The van der Waals surface area contributed by atoms with E-state index in [9.17, 15) is 19.8 Å². The van der Waals surface area contributed by atoms with Gasteiger partial charge >= 0.3 is 11.9 Å². The predicted octanol–water partition coefficient (Wildman–Crippen LogP) is 7.85. The standard InChI is InChI=1S/C27H36O6.C11H24O2/c1-19(2)15-16-27(20(3)4,17-32-25(28)21-7-11-23(30-5)12-8-21)18-33-26(29)22-9-13-24(31-6)14-10-22;1-9(2)5-6-11(7-12,8-13)10(3)4/h7-14,19-20H,15-18H2,1-6H3;9-10,12-13H,5-8H2,1-4H3. The molecule has 0 aliphatic carbocycles. The summed E-state index contributed by atoms with van der Waals surface area (Å²) in [5, 5.41) is 18.6. The molecule has 0 unspecified atom stereocenters. The molecule has 0 aromatic heterocycles.